The van der Waals surface area contributed by atoms with Crippen LogP contribution in [-0.2, 0) is 47.4 Å². The van der Waals surface area contributed by atoms with Crippen LogP contribution in [0.5, 0.6) is 0 Å². The first-order chi connectivity index (χ1) is 33.3. The molecule has 0 spiro atoms. The lowest BCUT2D eigenvalue weighted by Gasteiger charge is -2.49. The minimum absolute atomic E-state index is 0.0734. The summed E-state index contributed by atoms with van der Waals surface area (Å²) in [5, 5.41) is 62.6. The Hall–Kier alpha value is -4.50. The summed E-state index contributed by atoms with van der Waals surface area (Å²) in [7, 11) is 0. The molecule has 10 N–H and O–H groups in total. The van der Waals surface area contributed by atoms with Crippen molar-refractivity contribution in [3.05, 3.63) is 0 Å². The predicted molar refractivity (Wildman–Crippen MR) is 260 cm³/mol. The van der Waals surface area contributed by atoms with Gasteiger partial charge in [-0.1, -0.05) is 6.92 Å². The zero-order chi connectivity index (χ0) is 55.6. The molecule has 14 atom stereocenters. The van der Waals surface area contributed by atoms with E-state index in [1.54, 1.807) is 111 Å². The van der Waals surface area contributed by atoms with Crippen LogP contribution in [-0.4, -0.2) is 183 Å². The van der Waals surface area contributed by atoms with Crippen molar-refractivity contribution in [3.8, 4) is 0 Å². The van der Waals surface area contributed by atoms with E-state index in [-0.39, 0.29) is 45.2 Å². The second-order valence-corrected chi connectivity index (χ2v) is 23.5. The van der Waals surface area contributed by atoms with E-state index in [1.807, 2.05) is 0 Å². The molecule has 73 heavy (non-hydrogen) atoms. The topological polar surface area (TPSA) is 339 Å². The fraction of sp³-hybridized carbons (Fsp3) is 0.875. The molecule has 0 radical (unpaired) electrons. The Kier molecular flexibility index (Phi) is 22.2. The molecule has 25 heteroatoms. The second-order valence-electron chi connectivity index (χ2n) is 23.5. The van der Waals surface area contributed by atoms with Crippen molar-refractivity contribution < 1.29 is 91.8 Å². The average Bonchev–Trinajstić information content (AvgIpc) is 3.19. The van der Waals surface area contributed by atoms with Crippen LogP contribution in [0.4, 0.5) is 24.0 Å². The van der Waals surface area contributed by atoms with Crippen molar-refractivity contribution in [2.45, 2.75) is 256 Å². The van der Waals surface area contributed by atoms with Gasteiger partial charge in [-0.3, -0.25) is 4.79 Å². The highest BCUT2D eigenvalue weighted by molar-refractivity contribution is 5.81. The second kappa shape index (κ2) is 25.8. The molecule has 6 amide bonds. The van der Waals surface area contributed by atoms with E-state index in [2.05, 4.69) is 31.9 Å². The van der Waals surface area contributed by atoms with Crippen LogP contribution in [0.25, 0.3) is 0 Å². The summed E-state index contributed by atoms with van der Waals surface area (Å²) in [6.45, 7) is 26.2. The number of nitrogens with one attached hydrogen (secondary N) is 6. The third-order valence-corrected chi connectivity index (χ3v) is 10.8. The quantitative estimate of drug-likeness (QED) is 0.105. The Morgan fingerprint density at radius 3 is 1.47 bits per heavy atom. The van der Waals surface area contributed by atoms with Crippen LogP contribution in [0.15, 0.2) is 0 Å². The smallest absolute Gasteiger partial charge is 0.408 e. The average molecular weight is 1050 g/mol. The van der Waals surface area contributed by atoms with Gasteiger partial charge in [0.05, 0.1) is 36.4 Å². The number of hydrogen-bond acceptors (Lipinski definition) is 19. The summed E-state index contributed by atoms with van der Waals surface area (Å²) >= 11 is 0. The van der Waals surface area contributed by atoms with Crippen LogP contribution in [0.2, 0.25) is 0 Å². The molecule has 2 aliphatic heterocycles. The minimum atomic E-state index is -1.93. The van der Waals surface area contributed by atoms with E-state index < -0.39 is 150 Å². The lowest BCUT2D eigenvalue weighted by Crippen LogP contribution is -2.70. The van der Waals surface area contributed by atoms with Crippen molar-refractivity contribution in [2.24, 2.45) is 0 Å². The molecule has 25 nitrogen and oxygen atoms in total. The van der Waals surface area contributed by atoms with E-state index in [0.717, 1.165) is 0 Å². The fourth-order valence-corrected chi connectivity index (χ4v) is 7.88. The number of rotatable bonds is 15. The SMILES string of the molecule is CCC1O[C@H](O[C@@H]2C(O)C(O[C@H]3OC(CNC(=O)OC(C)(C)C)CCC3NC(=O)OC(C)(C)C)C(NC(=O)OC(C)(C)C)C[C@H]2NC(=O)[C@@H](O)CCNC(=O)OC(C)(C)C)C(O)[C@@H](NC(=O)OC(C)(C)C)[C@@H]1O. The summed E-state index contributed by atoms with van der Waals surface area (Å²) in [4.78, 5) is 78.7. The molecule has 0 aromatic rings. The molecule has 1 aliphatic carbocycles. The van der Waals surface area contributed by atoms with E-state index in [4.69, 9.17) is 42.6 Å². The standard InChI is InChI=1S/C48H86N6O19/c1-17-29-31(56)30(54-43(64)73-48(14,15)16)32(57)38(66-29)68-34-26(51-36(59)28(55)20-21-49-39(60)69-44(2,3)4)22-27(53-42(63)72-47(11,12)13)35(33(34)58)67-37-25(52-41(62)71-46(8,9)10)19-18-24(65-37)23-50-40(61)70-45(5,6)7/h24-35,37-38,55-58H,17-23H2,1-16H3,(H,49,60)(H,50,61)(H,51,59)(H,52,62)(H,53,63)(H,54,64)/t24?,25?,26-,27?,28+,29?,30+,31-,32?,33?,34+,35?,37-,38-/m1/s1. The molecule has 3 rings (SSSR count). The van der Waals surface area contributed by atoms with E-state index in [0.29, 0.717) is 0 Å². The number of alkyl carbamates (subject to hydrolysis) is 5. The Morgan fingerprint density at radius 2 is 0.973 bits per heavy atom. The Bertz CT molecular complexity index is 1840. The maximum Gasteiger partial charge on any atom is 0.408 e. The number of aliphatic hydroxyl groups excluding tert-OH is 4. The molecule has 7 unspecified atom stereocenters. The number of carbonyl (C=O) groups is 6. The zero-order valence-electron chi connectivity index (χ0n) is 45.4. The molecule has 422 valence electrons. The summed E-state index contributed by atoms with van der Waals surface area (Å²) < 4.78 is 52.6. The number of amides is 6. The molecular formula is C48H86N6O19. The minimum Gasteiger partial charge on any atom is -0.444 e. The van der Waals surface area contributed by atoms with Crippen molar-refractivity contribution in [2.75, 3.05) is 13.1 Å². The molecular weight excluding hydrogens is 965 g/mol. The van der Waals surface area contributed by atoms with Gasteiger partial charge in [-0.25, -0.2) is 24.0 Å². The first kappa shape index (κ1) is 62.8. The van der Waals surface area contributed by atoms with Crippen LogP contribution in [0, 0.1) is 0 Å². The molecule has 0 bridgehead atoms. The summed E-state index contributed by atoms with van der Waals surface area (Å²) in [5.74, 6) is -0.999. The summed E-state index contributed by atoms with van der Waals surface area (Å²) in [6.07, 6.45) is -19.6. The fourth-order valence-electron chi connectivity index (χ4n) is 7.88. The van der Waals surface area contributed by atoms with E-state index in [1.165, 1.54) is 0 Å². The molecule has 1 saturated carbocycles. The molecule has 3 aliphatic rings. The van der Waals surface area contributed by atoms with Gasteiger partial charge in [-0.15, -0.1) is 0 Å². The van der Waals surface area contributed by atoms with Crippen molar-refractivity contribution >= 4 is 36.4 Å². The Morgan fingerprint density at radius 1 is 0.534 bits per heavy atom. The van der Waals surface area contributed by atoms with Crippen LogP contribution < -0.4 is 31.9 Å². The monoisotopic (exact) mass is 1050 g/mol. The molecule has 3 fully saturated rings. The first-order valence-electron chi connectivity index (χ1n) is 24.9. The van der Waals surface area contributed by atoms with Gasteiger partial charge in [0, 0.05) is 13.1 Å². The normalized spacial score (nSPS) is 29.6. The lowest BCUT2D eigenvalue weighted by atomic mass is 9.83. The van der Waals surface area contributed by atoms with Crippen LogP contribution in [0.3, 0.4) is 0 Å². The van der Waals surface area contributed by atoms with Gasteiger partial charge < -0.3 is 95.0 Å². The molecule has 2 saturated heterocycles. The van der Waals surface area contributed by atoms with Crippen molar-refractivity contribution in [3.63, 3.8) is 0 Å². The number of carbonyl (C=O) groups excluding carboxylic acids is 6. The first-order valence-corrected chi connectivity index (χ1v) is 24.9. The van der Waals surface area contributed by atoms with Gasteiger partial charge in [0.2, 0.25) is 5.91 Å². The number of hydrogen-bond donors (Lipinski definition) is 10. The predicted octanol–water partition coefficient (Wildman–Crippen LogP) is 2.85. The third kappa shape index (κ3) is 22.1. The Balaban J connectivity index is 2.12. The largest absolute Gasteiger partial charge is 0.444 e. The van der Waals surface area contributed by atoms with Gasteiger partial charge in [0.1, 0.15) is 64.6 Å². The highest BCUT2D eigenvalue weighted by Crippen LogP contribution is 2.34. The van der Waals surface area contributed by atoms with E-state index >= 15 is 0 Å². The van der Waals surface area contributed by atoms with Gasteiger partial charge in [-0.05, 0) is 136 Å². The molecule has 0 aromatic heterocycles. The molecule has 2 heterocycles. The van der Waals surface area contributed by atoms with Crippen LogP contribution in [0.1, 0.15) is 143 Å². The van der Waals surface area contributed by atoms with E-state index in [9.17, 15) is 49.2 Å². The maximum absolute atomic E-state index is 13.9. The Labute approximate surface area is 428 Å². The highest BCUT2D eigenvalue weighted by Gasteiger charge is 2.53. The van der Waals surface area contributed by atoms with Crippen molar-refractivity contribution in [1.29, 1.82) is 0 Å². The lowest BCUT2D eigenvalue weighted by molar-refractivity contribution is -0.314. The maximum atomic E-state index is 13.9. The zero-order valence-corrected chi connectivity index (χ0v) is 45.4. The number of ether oxygens (including phenoxy) is 9. The number of aliphatic hydroxyl groups is 4. The van der Waals surface area contributed by atoms with Gasteiger partial charge in [-0.2, -0.15) is 0 Å². The molecule has 0 aromatic carbocycles. The van der Waals surface area contributed by atoms with Gasteiger partial charge in [0.25, 0.3) is 0 Å². The van der Waals surface area contributed by atoms with Crippen molar-refractivity contribution in [1.82, 2.24) is 31.9 Å². The van der Waals surface area contributed by atoms with Gasteiger partial charge >= 0.3 is 30.5 Å². The third-order valence-electron chi connectivity index (χ3n) is 10.8. The van der Waals surface area contributed by atoms with Gasteiger partial charge in [0.15, 0.2) is 12.6 Å². The highest BCUT2D eigenvalue weighted by atomic mass is 16.7. The summed E-state index contributed by atoms with van der Waals surface area (Å²) in [5.41, 5.74) is -4.53. The summed E-state index contributed by atoms with van der Waals surface area (Å²) in [6, 6.07) is -5.10. The van der Waals surface area contributed by atoms with Crippen LogP contribution >= 0.6 is 0 Å².